The Kier molecular flexibility index (Phi) is 4.52. The molecule has 1 unspecified atom stereocenters. The second kappa shape index (κ2) is 6.92. The van der Waals surface area contributed by atoms with Crippen LogP contribution in [0.2, 0.25) is 0 Å². The first kappa shape index (κ1) is 15.0. The summed E-state index contributed by atoms with van der Waals surface area (Å²) in [7, 11) is 0. The van der Waals surface area contributed by atoms with E-state index < -0.39 is 5.97 Å². The van der Waals surface area contributed by atoms with Gasteiger partial charge in [0.2, 0.25) is 0 Å². The zero-order valence-corrected chi connectivity index (χ0v) is 12.7. The normalized spacial score (nSPS) is 12.0. The lowest BCUT2D eigenvalue weighted by Crippen LogP contribution is -2.10. The third-order valence-electron chi connectivity index (χ3n) is 3.86. The zero-order valence-electron chi connectivity index (χ0n) is 12.7. The van der Waals surface area contributed by atoms with Gasteiger partial charge >= 0.3 is 5.97 Å². The molecule has 23 heavy (non-hydrogen) atoms. The molecule has 1 heterocycles. The van der Waals surface area contributed by atoms with Gasteiger partial charge in [-0.25, -0.2) is 4.98 Å². The van der Waals surface area contributed by atoms with Crippen LogP contribution < -0.4 is 0 Å². The van der Waals surface area contributed by atoms with Crippen LogP contribution in [0.15, 0.2) is 73.3 Å². The van der Waals surface area contributed by atoms with E-state index in [-0.39, 0.29) is 12.5 Å². The summed E-state index contributed by atoms with van der Waals surface area (Å²) in [5.41, 5.74) is 3.37. The second-order valence-electron chi connectivity index (χ2n) is 5.46. The largest absolute Gasteiger partial charge is 0.481 e. The van der Waals surface area contributed by atoms with Gasteiger partial charge in [0.15, 0.2) is 0 Å². The van der Waals surface area contributed by atoms with E-state index in [0.717, 1.165) is 11.1 Å². The molecule has 1 N–H and O–H groups in total. The van der Waals surface area contributed by atoms with E-state index in [1.54, 1.807) is 6.20 Å². The standard InChI is InChI=1S/C19H18N2O2/c22-18(23)11-8-15-6-9-17(10-7-15)19(21-13-12-20-14-21)16-4-2-1-3-5-16/h1-7,9-10,12-14,19H,8,11H2,(H,22,23). The average molecular weight is 306 g/mol. The minimum absolute atomic E-state index is 0.0622. The lowest BCUT2D eigenvalue weighted by atomic mass is 9.97. The van der Waals surface area contributed by atoms with Gasteiger partial charge in [0.1, 0.15) is 0 Å². The van der Waals surface area contributed by atoms with Crippen LogP contribution in [0.5, 0.6) is 0 Å². The quantitative estimate of drug-likeness (QED) is 0.758. The van der Waals surface area contributed by atoms with Crippen molar-refractivity contribution in [1.29, 1.82) is 0 Å². The Hall–Kier alpha value is -2.88. The van der Waals surface area contributed by atoms with Gasteiger partial charge in [-0.3, -0.25) is 4.79 Å². The van der Waals surface area contributed by atoms with Crippen LogP contribution >= 0.6 is 0 Å². The number of rotatable bonds is 6. The summed E-state index contributed by atoms with van der Waals surface area (Å²) < 4.78 is 2.07. The second-order valence-corrected chi connectivity index (χ2v) is 5.46. The number of carboxylic acid groups (broad SMARTS) is 1. The predicted molar refractivity (Wildman–Crippen MR) is 88.3 cm³/mol. The molecule has 0 saturated carbocycles. The van der Waals surface area contributed by atoms with Crippen LogP contribution in [-0.4, -0.2) is 20.6 Å². The zero-order chi connectivity index (χ0) is 16.1. The first-order valence-electron chi connectivity index (χ1n) is 7.57. The highest BCUT2D eigenvalue weighted by molar-refractivity contribution is 5.67. The fourth-order valence-electron chi connectivity index (χ4n) is 2.71. The summed E-state index contributed by atoms with van der Waals surface area (Å²) in [5, 5.41) is 8.78. The molecule has 0 bridgehead atoms. The smallest absolute Gasteiger partial charge is 0.303 e. The lowest BCUT2D eigenvalue weighted by Gasteiger charge is -2.20. The Labute approximate surface area is 135 Å². The Balaban J connectivity index is 1.90. The van der Waals surface area contributed by atoms with Gasteiger partial charge < -0.3 is 9.67 Å². The highest BCUT2D eigenvalue weighted by Gasteiger charge is 2.15. The molecule has 0 aliphatic rings. The van der Waals surface area contributed by atoms with Crippen molar-refractivity contribution in [3.05, 3.63) is 90.0 Å². The van der Waals surface area contributed by atoms with Gasteiger partial charge in [0.25, 0.3) is 0 Å². The molecule has 0 aliphatic carbocycles. The maximum absolute atomic E-state index is 10.7. The SMILES string of the molecule is O=C(O)CCc1ccc(C(c2ccccc2)n2ccnc2)cc1. The number of imidazole rings is 1. The van der Waals surface area contributed by atoms with Crippen LogP contribution in [-0.2, 0) is 11.2 Å². The molecule has 2 aromatic carbocycles. The number of hydrogen-bond acceptors (Lipinski definition) is 2. The van der Waals surface area contributed by atoms with Gasteiger partial charge in [-0.1, -0.05) is 54.6 Å². The monoisotopic (exact) mass is 306 g/mol. The van der Waals surface area contributed by atoms with Crippen molar-refractivity contribution in [2.24, 2.45) is 0 Å². The Morgan fingerprint density at radius 2 is 1.74 bits per heavy atom. The van der Waals surface area contributed by atoms with Crippen molar-refractivity contribution in [1.82, 2.24) is 9.55 Å². The Bertz CT molecular complexity index is 750. The summed E-state index contributed by atoms with van der Waals surface area (Å²) in [6, 6.07) is 18.5. The van der Waals surface area contributed by atoms with Gasteiger partial charge in [0, 0.05) is 18.8 Å². The van der Waals surface area contributed by atoms with Crippen molar-refractivity contribution < 1.29 is 9.90 Å². The maximum Gasteiger partial charge on any atom is 0.303 e. The molecule has 0 amide bonds. The fourth-order valence-corrected chi connectivity index (χ4v) is 2.71. The lowest BCUT2D eigenvalue weighted by molar-refractivity contribution is -0.136. The van der Waals surface area contributed by atoms with Gasteiger partial charge in [0.05, 0.1) is 12.4 Å². The van der Waals surface area contributed by atoms with E-state index in [0.29, 0.717) is 6.42 Å². The third kappa shape index (κ3) is 3.66. The highest BCUT2D eigenvalue weighted by Crippen LogP contribution is 2.26. The van der Waals surface area contributed by atoms with E-state index in [1.807, 2.05) is 42.9 Å². The van der Waals surface area contributed by atoms with Crippen molar-refractivity contribution >= 4 is 5.97 Å². The summed E-state index contributed by atoms with van der Waals surface area (Å²) in [6.07, 6.45) is 6.25. The molecule has 0 fully saturated rings. The van der Waals surface area contributed by atoms with Crippen molar-refractivity contribution in [3.8, 4) is 0 Å². The predicted octanol–water partition coefficient (Wildman–Crippen LogP) is 3.54. The van der Waals surface area contributed by atoms with Crippen molar-refractivity contribution in [2.75, 3.05) is 0 Å². The molecule has 0 radical (unpaired) electrons. The summed E-state index contributed by atoms with van der Waals surface area (Å²) in [4.78, 5) is 14.8. The number of benzene rings is 2. The minimum Gasteiger partial charge on any atom is -0.481 e. The van der Waals surface area contributed by atoms with Gasteiger partial charge in [-0.05, 0) is 23.1 Å². The van der Waals surface area contributed by atoms with Crippen LogP contribution in [0.25, 0.3) is 0 Å². The van der Waals surface area contributed by atoms with E-state index in [9.17, 15) is 4.79 Å². The number of aliphatic carboxylic acids is 1. The highest BCUT2D eigenvalue weighted by atomic mass is 16.4. The van der Waals surface area contributed by atoms with E-state index in [2.05, 4.69) is 33.8 Å². The molecule has 116 valence electrons. The minimum atomic E-state index is -0.769. The molecule has 3 rings (SSSR count). The first-order chi connectivity index (χ1) is 11.2. The van der Waals surface area contributed by atoms with Gasteiger partial charge in [-0.2, -0.15) is 0 Å². The Morgan fingerprint density at radius 3 is 2.35 bits per heavy atom. The number of aromatic nitrogens is 2. The molecule has 0 spiro atoms. The molecular weight excluding hydrogens is 288 g/mol. The fraction of sp³-hybridized carbons (Fsp3) is 0.158. The first-order valence-corrected chi connectivity index (χ1v) is 7.57. The van der Waals surface area contributed by atoms with Crippen molar-refractivity contribution in [2.45, 2.75) is 18.9 Å². The number of carbonyl (C=O) groups is 1. The average Bonchev–Trinajstić information content (AvgIpc) is 3.09. The molecule has 1 atom stereocenters. The van der Waals surface area contributed by atoms with E-state index in [1.165, 1.54) is 5.56 Å². The molecule has 4 nitrogen and oxygen atoms in total. The number of hydrogen-bond donors (Lipinski definition) is 1. The Morgan fingerprint density at radius 1 is 1.04 bits per heavy atom. The van der Waals surface area contributed by atoms with E-state index in [4.69, 9.17) is 5.11 Å². The van der Waals surface area contributed by atoms with E-state index >= 15 is 0 Å². The summed E-state index contributed by atoms with van der Waals surface area (Å²) in [5.74, 6) is -0.769. The molecule has 1 aromatic heterocycles. The molecule has 3 aromatic rings. The third-order valence-corrected chi connectivity index (χ3v) is 3.86. The van der Waals surface area contributed by atoms with Crippen molar-refractivity contribution in [3.63, 3.8) is 0 Å². The molecule has 4 heteroatoms. The topological polar surface area (TPSA) is 55.1 Å². The maximum atomic E-state index is 10.7. The summed E-state index contributed by atoms with van der Waals surface area (Å²) >= 11 is 0. The number of nitrogens with zero attached hydrogens (tertiary/aromatic N) is 2. The number of carboxylic acids is 1. The van der Waals surface area contributed by atoms with Gasteiger partial charge in [-0.15, -0.1) is 0 Å². The molecule has 0 saturated heterocycles. The van der Waals surface area contributed by atoms with Crippen LogP contribution in [0.4, 0.5) is 0 Å². The van der Waals surface area contributed by atoms with Crippen LogP contribution in [0.1, 0.15) is 29.2 Å². The van der Waals surface area contributed by atoms with Crippen LogP contribution in [0, 0.1) is 0 Å². The van der Waals surface area contributed by atoms with Crippen LogP contribution in [0.3, 0.4) is 0 Å². The molecular formula is C19H18N2O2. The molecule has 0 aliphatic heterocycles. The number of aryl methyl sites for hydroxylation is 1. The summed E-state index contributed by atoms with van der Waals surface area (Å²) in [6.45, 7) is 0.